The minimum absolute atomic E-state index is 0.0231. The molecule has 1 atom stereocenters. The Bertz CT molecular complexity index is 1500. The normalized spacial score (nSPS) is 15.5. The molecule has 2 aromatic carbocycles. The smallest absolute Gasteiger partial charge is 0.270 e. The molecule has 0 amide bonds. The van der Waals surface area contributed by atoms with Crippen LogP contribution in [0.25, 0.3) is 11.0 Å². The maximum Gasteiger partial charge on any atom is 0.270 e. The first-order valence-corrected chi connectivity index (χ1v) is 12.4. The number of aliphatic hydroxyl groups is 1. The molecule has 0 spiro atoms. The highest BCUT2D eigenvalue weighted by Gasteiger charge is 2.33. The third-order valence-corrected chi connectivity index (χ3v) is 7.45. The molecular weight excluding hydrogens is 500 g/mol. The van der Waals surface area contributed by atoms with E-state index in [0.29, 0.717) is 24.1 Å². The van der Waals surface area contributed by atoms with E-state index in [0.717, 1.165) is 0 Å². The Morgan fingerprint density at radius 3 is 2.86 bits per heavy atom. The fourth-order valence-corrected chi connectivity index (χ4v) is 5.65. The van der Waals surface area contributed by atoms with Gasteiger partial charge in [-0.15, -0.1) is 0 Å². The molecule has 1 aliphatic rings. The molecule has 184 valence electrons. The number of hydrogen-bond donors (Lipinski definition) is 2. The second kappa shape index (κ2) is 8.95. The Kier molecular flexibility index (Phi) is 5.95. The van der Waals surface area contributed by atoms with E-state index in [9.17, 15) is 13.5 Å². The zero-order valence-electron chi connectivity index (χ0n) is 18.7. The van der Waals surface area contributed by atoms with Gasteiger partial charge in [0.15, 0.2) is 22.0 Å². The van der Waals surface area contributed by atoms with Crippen molar-refractivity contribution in [2.24, 2.45) is 0 Å². The molecule has 13 heteroatoms. The SMILES string of the molecule is COc1ccc2c(c1S(=O)(=O)Nc1noc3cc(Cn4cccn4)c(Cl)c(OC)c13)OCCC2O. The predicted molar refractivity (Wildman–Crippen MR) is 126 cm³/mol. The molecule has 4 aromatic rings. The number of methoxy groups -OCH3 is 2. The topological polar surface area (TPSA) is 138 Å². The van der Waals surface area contributed by atoms with Gasteiger partial charge >= 0.3 is 0 Å². The van der Waals surface area contributed by atoms with Gasteiger partial charge in [0.05, 0.1) is 38.5 Å². The molecule has 3 heterocycles. The van der Waals surface area contributed by atoms with Crippen LogP contribution in [0.3, 0.4) is 0 Å². The number of sulfonamides is 1. The van der Waals surface area contributed by atoms with Gasteiger partial charge in [-0.2, -0.15) is 5.10 Å². The van der Waals surface area contributed by atoms with Gasteiger partial charge in [-0.25, -0.2) is 8.42 Å². The molecule has 0 fully saturated rings. The lowest BCUT2D eigenvalue weighted by atomic mass is 10.0. The standard InChI is InChI=1S/C22H21ClN4O7S/c1-31-15-5-4-13-14(28)6-9-33-19(13)21(15)35(29,30)26-22-17-16(34-25-22)10-12(18(23)20(17)32-2)11-27-8-3-7-24-27/h3-5,7-8,10,14,28H,6,9,11H2,1-2H3,(H,25,26). The number of nitrogens with one attached hydrogen (secondary N) is 1. The number of hydrogen-bond acceptors (Lipinski definition) is 9. The van der Waals surface area contributed by atoms with Crippen molar-refractivity contribution in [1.29, 1.82) is 0 Å². The number of benzene rings is 2. The van der Waals surface area contributed by atoms with Crippen LogP contribution in [0.15, 0.2) is 46.1 Å². The molecule has 2 aromatic heterocycles. The summed E-state index contributed by atoms with van der Waals surface area (Å²) in [5.74, 6) is 0.138. The monoisotopic (exact) mass is 520 g/mol. The largest absolute Gasteiger partial charge is 0.495 e. The molecule has 0 aliphatic carbocycles. The molecule has 1 unspecified atom stereocenters. The second-order valence-electron chi connectivity index (χ2n) is 7.76. The van der Waals surface area contributed by atoms with E-state index < -0.39 is 16.1 Å². The van der Waals surface area contributed by atoms with E-state index in [1.165, 1.54) is 20.3 Å². The van der Waals surface area contributed by atoms with Crippen molar-refractivity contribution in [2.75, 3.05) is 25.5 Å². The van der Waals surface area contributed by atoms with Crippen molar-refractivity contribution in [1.82, 2.24) is 14.9 Å². The highest BCUT2D eigenvalue weighted by Crippen LogP contribution is 2.45. The summed E-state index contributed by atoms with van der Waals surface area (Å²) >= 11 is 6.60. The minimum Gasteiger partial charge on any atom is -0.495 e. The summed E-state index contributed by atoms with van der Waals surface area (Å²) in [6.07, 6.45) is 2.90. The summed E-state index contributed by atoms with van der Waals surface area (Å²) in [5, 5.41) is 18.9. The van der Waals surface area contributed by atoms with Crippen LogP contribution >= 0.6 is 11.6 Å². The summed E-state index contributed by atoms with van der Waals surface area (Å²) < 4.78 is 53.1. The fraction of sp³-hybridized carbons (Fsp3) is 0.273. The summed E-state index contributed by atoms with van der Waals surface area (Å²) in [4.78, 5) is -0.257. The number of ether oxygens (including phenoxy) is 3. The van der Waals surface area contributed by atoms with Crippen LogP contribution in [-0.4, -0.2) is 49.3 Å². The van der Waals surface area contributed by atoms with Gasteiger partial charge in [-0.3, -0.25) is 9.40 Å². The van der Waals surface area contributed by atoms with Gasteiger partial charge in [0.25, 0.3) is 10.0 Å². The summed E-state index contributed by atoms with van der Waals surface area (Å²) in [6, 6.07) is 6.47. The maximum absolute atomic E-state index is 13.5. The van der Waals surface area contributed by atoms with Gasteiger partial charge < -0.3 is 23.8 Å². The molecule has 0 saturated heterocycles. The van der Waals surface area contributed by atoms with Crippen LogP contribution in [0.2, 0.25) is 5.02 Å². The zero-order valence-corrected chi connectivity index (χ0v) is 20.3. The lowest BCUT2D eigenvalue weighted by Gasteiger charge is -2.25. The number of aliphatic hydroxyl groups excluding tert-OH is 1. The minimum atomic E-state index is -4.32. The molecule has 0 radical (unpaired) electrons. The number of anilines is 1. The first-order valence-electron chi connectivity index (χ1n) is 10.5. The molecule has 5 rings (SSSR count). The number of rotatable bonds is 7. The van der Waals surface area contributed by atoms with E-state index >= 15 is 0 Å². The van der Waals surface area contributed by atoms with Crippen LogP contribution in [-0.2, 0) is 16.6 Å². The van der Waals surface area contributed by atoms with Crippen molar-refractivity contribution < 1.29 is 32.3 Å². The highest BCUT2D eigenvalue weighted by atomic mass is 35.5. The molecular formula is C22H21ClN4O7S. The van der Waals surface area contributed by atoms with Crippen LogP contribution in [0.4, 0.5) is 5.82 Å². The van der Waals surface area contributed by atoms with Gasteiger partial charge in [0.1, 0.15) is 16.9 Å². The predicted octanol–water partition coefficient (Wildman–Crippen LogP) is 3.36. The molecule has 2 N–H and O–H groups in total. The third kappa shape index (κ3) is 4.03. The Labute approximate surface area is 205 Å². The van der Waals surface area contributed by atoms with E-state index in [-0.39, 0.29) is 50.6 Å². The maximum atomic E-state index is 13.5. The van der Waals surface area contributed by atoms with Crippen molar-refractivity contribution >= 4 is 38.4 Å². The third-order valence-electron chi connectivity index (χ3n) is 5.65. The van der Waals surface area contributed by atoms with Gasteiger partial charge in [-0.05, 0) is 29.8 Å². The first kappa shape index (κ1) is 23.3. The van der Waals surface area contributed by atoms with E-state index in [1.807, 2.05) is 0 Å². The zero-order chi connectivity index (χ0) is 24.7. The molecule has 0 bridgehead atoms. The van der Waals surface area contributed by atoms with Crippen LogP contribution in [0, 0.1) is 0 Å². The van der Waals surface area contributed by atoms with Gasteiger partial charge in [-0.1, -0.05) is 16.8 Å². The van der Waals surface area contributed by atoms with Crippen molar-refractivity contribution in [3.05, 3.63) is 52.8 Å². The van der Waals surface area contributed by atoms with E-state index in [4.69, 9.17) is 30.3 Å². The number of aromatic nitrogens is 3. The van der Waals surface area contributed by atoms with Gasteiger partial charge in [0.2, 0.25) is 0 Å². The van der Waals surface area contributed by atoms with E-state index in [2.05, 4.69) is 15.0 Å². The number of nitrogens with zero attached hydrogens (tertiary/aromatic N) is 3. The van der Waals surface area contributed by atoms with Gasteiger partial charge in [0, 0.05) is 24.4 Å². The fourth-order valence-electron chi connectivity index (χ4n) is 4.04. The summed E-state index contributed by atoms with van der Waals surface area (Å²) in [5.41, 5.74) is 1.26. The summed E-state index contributed by atoms with van der Waals surface area (Å²) in [6.45, 7) is 0.492. The average molecular weight is 521 g/mol. The Morgan fingerprint density at radius 2 is 2.14 bits per heavy atom. The number of halogens is 1. The Balaban J connectivity index is 1.60. The second-order valence-corrected chi connectivity index (χ2v) is 9.76. The first-order chi connectivity index (χ1) is 16.8. The lowest BCUT2D eigenvalue weighted by molar-refractivity contribution is 0.112. The molecule has 0 saturated carbocycles. The average Bonchev–Trinajstić information content (AvgIpc) is 3.49. The Morgan fingerprint density at radius 1 is 1.31 bits per heavy atom. The highest BCUT2D eigenvalue weighted by molar-refractivity contribution is 7.93. The Hall–Kier alpha value is -3.48. The lowest BCUT2D eigenvalue weighted by Crippen LogP contribution is -2.21. The van der Waals surface area contributed by atoms with Crippen molar-refractivity contribution in [3.8, 4) is 17.2 Å². The number of fused-ring (bicyclic) bond motifs is 2. The van der Waals surface area contributed by atoms with Crippen molar-refractivity contribution in [3.63, 3.8) is 0 Å². The van der Waals surface area contributed by atoms with Crippen LogP contribution in [0.5, 0.6) is 17.2 Å². The van der Waals surface area contributed by atoms with Crippen LogP contribution < -0.4 is 18.9 Å². The van der Waals surface area contributed by atoms with Crippen molar-refractivity contribution in [2.45, 2.75) is 24.0 Å². The van der Waals surface area contributed by atoms with E-state index in [1.54, 1.807) is 35.3 Å². The van der Waals surface area contributed by atoms with Crippen LogP contribution in [0.1, 0.15) is 23.7 Å². The molecule has 35 heavy (non-hydrogen) atoms. The molecule has 1 aliphatic heterocycles. The quantitative estimate of drug-likeness (QED) is 0.375. The summed E-state index contributed by atoms with van der Waals surface area (Å²) in [7, 11) is -1.56. The molecule has 11 nitrogen and oxygen atoms in total.